The molecule has 0 amide bonds. The van der Waals surface area contributed by atoms with Gasteiger partial charge in [-0.2, -0.15) is 0 Å². The number of hydrogen-bond donors (Lipinski definition) is 2. The van der Waals surface area contributed by atoms with E-state index in [1.54, 1.807) is 19.1 Å². The van der Waals surface area contributed by atoms with Crippen LogP contribution in [0.5, 0.6) is 5.75 Å². The summed E-state index contributed by atoms with van der Waals surface area (Å²) in [5, 5.41) is 13.3. The van der Waals surface area contributed by atoms with E-state index in [1.165, 1.54) is 29.9 Å². The van der Waals surface area contributed by atoms with Gasteiger partial charge in [0.25, 0.3) is 5.56 Å². The van der Waals surface area contributed by atoms with Crippen LogP contribution in [-0.4, -0.2) is 47.8 Å². The molecule has 2 N–H and O–H groups in total. The molecule has 0 atom stereocenters. The molecule has 33 heavy (non-hydrogen) atoms. The maximum Gasteiger partial charge on any atom is 0.347 e. The smallest absolute Gasteiger partial charge is 0.347 e. The Bertz CT molecular complexity index is 1390. The van der Waals surface area contributed by atoms with Crippen molar-refractivity contribution < 1.29 is 27.4 Å². The first kappa shape index (κ1) is 24.3. The summed E-state index contributed by atoms with van der Waals surface area (Å²) in [5.74, 6) is -2.18. The third-order valence-electron chi connectivity index (χ3n) is 4.99. The molecule has 0 saturated heterocycles. The van der Waals surface area contributed by atoms with Crippen molar-refractivity contribution in [1.82, 2.24) is 14.9 Å². The number of carbonyl (C=O) groups is 1. The number of fused-ring (bicyclic) bond motifs is 1. The van der Waals surface area contributed by atoms with Crippen molar-refractivity contribution in [2.45, 2.75) is 19.9 Å². The van der Waals surface area contributed by atoms with E-state index in [9.17, 15) is 27.5 Å². The highest BCUT2D eigenvalue weighted by molar-refractivity contribution is 7.90. The predicted octanol–water partition coefficient (Wildman–Crippen LogP) is 1.64. The van der Waals surface area contributed by atoms with Crippen LogP contribution >= 0.6 is 0 Å². The number of aryl methyl sites for hydroxylation is 1. The molecule has 11 heteroatoms. The zero-order valence-corrected chi connectivity index (χ0v) is 19.2. The van der Waals surface area contributed by atoms with Crippen LogP contribution in [0.2, 0.25) is 0 Å². The minimum absolute atomic E-state index is 0.0465. The van der Waals surface area contributed by atoms with Crippen molar-refractivity contribution in [2.24, 2.45) is 7.05 Å². The Hall–Kier alpha value is -3.31. The van der Waals surface area contributed by atoms with Crippen LogP contribution in [0.25, 0.3) is 11.0 Å². The molecule has 0 spiro atoms. The lowest BCUT2D eigenvalue weighted by molar-refractivity contribution is 0.0520. The van der Waals surface area contributed by atoms with Crippen LogP contribution in [0, 0.1) is 5.82 Å². The second-order valence-electron chi connectivity index (χ2n) is 7.61. The topological polar surface area (TPSA) is 128 Å². The molecule has 0 saturated carbocycles. The van der Waals surface area contributed by atoms with Crippen LogP contribution in [0.15, 0.2) is 35.3 Å². The summed E-state index contributed by atoms with van der Waals surface area (Å²) >= 11 is 0. The summed E-state index contributed by atoms with van der Waals surface area (Å²) in [6.07, 6.45) is 2.90. The first-order valence-corrected chi connectivity index (χ1v) is 12.1. The zero-order valence-electron chi connectivity index (χ0n) is 18.4. The number of benzene rings is 1. The third-order valence-corrected chi connectivity index (χ3v) is 5.72. The maximum atomic E-state index is 13.8. The first-order chi connectivity index (χ1) is 15.5. The van der Waals surface area contributed by atoms with Gasteiger partial charge in [0.1, 0.15) is 11.3 Å². The number of esters is 1. The third kappa shape index (κ3) is 5.55. The molecular formula is C22H24FN3O6S. The highest BCUT2D eigenvalue weighted by Gasteiger charge is 2.23. The second-order valence-corrected chi connectivity index (χ2v) is 9.75. The van der Waals surface area contributed by atoms with E-state index in [0.717, 1.165) is 11.8 Å². The SMILES string of the molecule is CCOC(=O)c1c(O)c2ncc(Cc3ccc(F)cc3CNCS(C)(=O)=O)cc2n(C)c1=O. The minimum atomic E-state index is -3.23. The number of rotatable bonds is 8. The van der Waals surface area contributed by atoms with Crippen LogP contribution in [0.4, 0.5) is 4.39 Å². The number of ether oxygens (including phenoxy) is 1. The van der Waals surface area contributed by atoms with Crippen LogP contribution in [0.3, 0.4) is 0 Å². The zero-order chi connectivity index (χ0) is 24.3. The number of hydrogen-bond acceptors (Lipinski definition) is 8. The molecule has 0 radical (unpaired) electrons. The molecule has 0 aliphatic carbocycles. The lowest BCUT2D eigenvalue weighted by atomic mass is 10.00. The number of aromatic hydroxyl groups is 1. The second kappa shape index (κ2) is 9.67. The lowest BCUT2D eigenvalue weighted by Gasteiger charge is -2.13. The molecule has 176 valence electrons. The molecule has 0 aliphatic heterocycles. The normalized spacial score (nSPS) is 11.6. The maximum absolute atomic E-state index is 13.8. The van der Waals surface area contributed by atoms with Crippen LogP contribution < -0.4 is 10.9 Å². The Labute approximate surface area is 189 Å². The summed E-state index contributed by atoms with van der Waals surface area (Å²) in [6, 6.07) is 5.87. The van der Waals surface area contributed by atoms with Gasteiger partial charge in [0.05, 0.1) is 18.0 Å². The number of carbonyl (C=O) groups excluding carboxylic acids is 1. The van der Waals surface area contributed by atoms with Crippen molar-refractivity contribution in [3.05, 3.63) is 68.9 Å². The van der Waals surface area contributed by atoms with Gasteiger partial charge in [-0.15, -0.1) is 0 Å². The Morgan fingerprint density at radius 3 is 2.67 bits per heavy atom. The summed E-state index contributed by atoms with van der Waals surface area (Å²) < 4.78 is 42.6. The first-order valence-electron chi connectivity index (χ1n) is 10.0. The fourth-order valence-corrected chi connectivity index (χ4v) is 3.91. The average Bonchev–Trinajstić information content (AvgIpc) is 2.73. The van der Waals surface area contributed by atoms with E-state index < -0.39 is 38.5 Å². The Kier molecular flexibility index (Phi) is 7.13. The molecular weight excluding hydrogens is 453 g/mol. The van der Waals surface area contributed by atoms with Crippen molar-refractivity contribution in [2.75, 3.05) is 18.7 Å². The van der Waals surface area contributed by atoms with Gasteiger partial charge in [-0.05, 0) is 48.2 Å². The summed E-state index contributed by atoms with van der Waals surface area (Å²) in [7, 11) is -1.78. The van der Waals surface area contributed by atoms with E-state index in [1.807, 2.05) is 0 Å². The van der Waals surface area contributed by atoms with Crippen molar-refractivity contribution >= 4 is 26.8 Å². The van der Waals surface area contributed by atoms with Gasteiger partial charge in [0, 0.05) is 26.0 Å². The van der Waals surface area contributed by atoms with Gasteiger partial charge in [-0.1, -0.05) is 6.07 Å². The van der Waals surface area contributed by atoms with Crippen molar-refractivity contribution in [3.8, 4) is 5.75 Å². The molecule has 1 aromatic carbocycles. The van der Waals surface area contributed by atoms with Crippen LogP contribution in [-0.2, 0) is 34.6 Å². The molecule has 2 heterocycles. The summed E-state index contributed by atoms with van der Waals surface area (Å²) in [6.45, 7) is 1.78. The van der Waals surface area contributed by atoms with Crippen LogP contribution in [0.1, 0.15) is 34.0 Å². The van der Waals surface area contributed by atoms with Crippen molar-refractivity contribution in [3.63, 3.8) is 0 Å². The molecule has 0 aliphatic rings. The Balaban J connectivity index is 1.98. The molecule has 2 aromatic heterocycles. The molecule has 3 rings (SSSR count). The van der Waals surface area contributed by atoms with Gasteiger partial charge < -0.3 is 14.4 Å². The lowest BCUT2D eigenvalue weighted by Crippen LogP contribution is -2.26. The molecule has 0 bridgehead atoms. The van der Waals surface area contributed by atoms with Crippen molar-refractivity contribution in [1.29, 1.82) is 0 Å². The molecule has 3 aromatic rings. The molecule has 0 fully saturated rings. The highest BCUT2D eigenvalue weighted by atomic mass is 32.2. The van der Waals surface area contributed by atoms with E-state index >= 15 is 0 Å². The Morgan fingerprint density at radius 2 is 2.00 bits per heavy atom. The number of nitrogens with zero attached hydrogens (tertiary/aromatic N) is 2. The van der Waals surface area contributed by atoms with Gasteiger partial charge >= 0.3 is 5.97 Å². The van der Waals surface area contributed by atoms with Gasteiger partial charge in [0.15, 0.2) is 21.2 Å². The molecule has 0 unspecified atom stereocenters. The number of nitrogens with one attached hydrogen (secondary N) is 1. The summed E-state index contributed by atoms with van der Waals surface area (Å²) in [5.41, 5.74) is 1.15. The van der Waals surface area contributed by atoms with Gasteiger partial charge in [-0.3, -0.25) is 15.1 Å². The van der Waals surface area contributed by atoms with E-state index in [0.29, 0.717) is 23.1 Å². The summed E-state index contributed by atoms with van der Waals surface area (Å²) in [4.78, 5) is 29.0. The highest BCUT2D eigenvalue weighted by Crippen LogP contribution is 2.26. The average molecular weight is 478 g/mol. The standard InChI is InChI=1S/C22H24FN3O6S/c1-4-32-22(29)18-20(27)19-17(26(2)21(18)28)8-13(10-25-19)7-14-5-6-16(23)9-15(14)11-24-12-33(3,30)31/h5-6,8-10,24,27H,4,7,11-12H2,1-3H3. The predicted molar refractivity (Wildman–Crippen MR) is 120 cm³/mol. The van der Waals surface area contributed by atoms with E-state index in [-0.39, 0.29) is 24.5 Å². The largest absolute Gasteiger partial charge is 0.505 e. The van der Waals surface area contributed by atoms with E-state index in [2.05, 4.69) is 10.3 Å². The Morgan fingerprint density at radius 1 is 1.27 bits per heavy atom. The van der Waals surface area contributed by atoms with Gasteiger partial charge in [0.2, 0.25) is 0 Å². The monoisotopic (exact) mass is 477 g/mol. The number of pyridine rings is 2. The number of sulfone groups is 1. The molecule has 9 nitrogen and oxygen atoms in total. The fourth-order valence-electron chi connectivity index (χ4n) is 3.44. The fraction of sp³-hybridized carbons (Fsp3) is 0.318. The van der Waals surface area contributed by atoms with Gasteiger partial charge in [-0.25, -0.2) is 17.6 Å². The van der Waals surface area contributed by atoms with E-state index in [4.69, 9.17) is 4.74 Å². The minimum Gasteiger partial charge on any atom is -0.505 e. The quantitative estimate of drug-likeness (QED) is 0.469. The number of halogens is 1. The number of aromatic nitrogens is 2.